The first-order valence-corrected chi connectivity index (χ1v) is 9.68. The van der Waals surface area contributed by atoms with Gasteiger partial charge >= 0.3 is 0 Å². The lowest BCUT2D eigenvalue weighted by Crippen LogP contribution is -2.43. The van der Waals surface area contributed by atoms with Crippen LogP contribution >= 0.6 is 11.8 Å². The molecular formula is C19H25FN4O2S. The SMILES string of the molecule is C=CCn1c(COc2ccc(F)cc2)nnc1SCC(=O)NC(C)(C)CC. The third-order valence-electron chi connectivity index (χ3n) is 3.98. The number of aromatic nitrogens is 3. The molecule has 6 nitrogen and oxygen atoms in total. The standard InChI is InChI=1S/C19H25FN4O2S/c1-5-11-24-16(12-26-15-9-7-14(20)8-10-15)22-23-18(24)27-13-17(25)21-19(3,4)6-2/h5,7-10H,1,6,11-13H2,2-4H3,(H,21,25). The number of thioether (sulfide) groups is 1. The van der Waals surface area contributed by atoms with E-state index in [0.29, 0.717) is 23.3 Å². The molecule has 0 aliphatic heterocycles. The number of allylic oxidation sites excluding steroid dienone is 1. The highest BCUT2D eigenvalue weighted by atomic mass is 32.2. The Hall–Kier alpha value is -2.35. The fraction of sp³-hybridized carbons (Fsp3) is 0.421. The van der Waals surface area contributed by atoms with Gasteiger partial charge in [0.2, 0.25) is 5.91 Å². The molecule has 0 bridgehead atoms. The summed E-state index contributed by atoms with van der Waals surface area (Å²) in [5, 5.41) is 11.9. The number of carbonyl (C=O) groups is 1. The Morgan fingerprint density at radius 1 is 1.37 bits per heavy atom. The van der Waals surface area contributed by atoms with Crippen LogP contribution in [0.2, 0.25) is 0 Å². The second-order valence-corrected chi connectivity index (χ2v) is 7.56. The van der Waals surface area contributed by atoms with Crippen LogP contribution < -0.4 is 10.1 Å². The number of ether oxygens (including phenoxy) is 1. The van der Waals surface area contributed by atoms with Crippen molar-refractivity contribution in [2.75, 3.05) is 5.75 Å². The number of hydrogen-bond donors (Lipinski definition) is 1. The average Bonchev–Trinajstić information content (AvgIpc) is 3.01. The van der Waals surface area contributed by atoms with Crippen molar-refractivity contribution in [1.29, 1.82) is 0 Å². The number of rotatable bonds is 10. The van der Waals surface area contributed by atoms with Gasteiger partial charge in [0.15, 0.2) is 11.0 Å². The van der Waals surface area contributed by atoms with Crippen molar-refractivity contribution in [3.8, 4) is 5.75 Å². The molecule has 0 spiro atoms. The number of nitrogens with zero attached hydrogens (tertiary/aromatic N) is 3. The third kappa shape index (κ3) is 6.39. The first-order chi connectivity index (χ1) is 12.8. The minimum atomic E-state index is -0.319. The molecule has 146 valence electrons. The van der Waals surface area contributed by atoms with Gasteiger partial charge in [-0.25, -0.2) is 4.39 Å². The summed E-state index contributed by atoms with van der Waals surface area (Å²) in [5.41, 5.74) is -0.236. The highest BCUT2D eigenvalue weighted by Gasteiger charge is 2.19. The predicted molar refractivity (Wildman–Crippen MR) is 104 cm³/mol. The summed E-state index contributed by atoms with van der Waals surface area (Å²) in [6, 6.07) is 5.78. The lowest BCUT2D eigenvalue weighted by Gasteiger charge is -2.24. The summed E-state index contributed by atoms with van der Waals surface area (Å²) < 4.78 is 20.5. The monoisotopic (exact) mass is 392 g/mol. The number of hydrogen-bond acceptors (Lipinski definition) is 5. The zero-order chi connectivity index (χ0) is 19.9. The van der Waals surface area contributed by atoms with Gasteiger partial charge in [0.25, 0.3) is 0 Å². The molecule has 2 aromatic rings. The lowest BCUT2D eigenvalue weighted by atomic mass is 10.0. The smallest absolute Gasteiger partial charge is 0.230 e. The second-order valence-electron chi connectivity index (χ2n) is 6.61. The van der Waals surface area contributed by atoms with Crippen LogP contribution in [0.25, 0.3) is 0 Å². The molecule has 1 N–H and O–H groups in total. The summed E-state index contributed by atoms with van der Waals surface area (Å²) in [6.07, 6.45) is 2.58. The minimum Gasteiger partial charge on any atom is -0.486 e. The van der Waals surface area contributed by atoms with E-state index in [4.69, 9.17) is 4.74 Å². The zero-order valence-electron chi connectivity index (χ0n) is 15.9. The van der Waals surface area contributed by atoms with Crippen LogP contribution in [-0.4, -0.2) is 32.0 Å². The van der Waals surface area contributed by atoms with Gasteiger partial charge < -0.3 is 10.1 Å². The molecule has 0 unspecified atom stereocenters. The number of halogens is 1. The van der Waals surface area contributed by atoms with Gasteiger partial charge in [-0.05, 0) is 44.5 Å². The van der Waals surface area contributed by atoms with Crippen molar-refractivity contribution in [1.82, 2.24) is 20.1 Å². The van der Waals surface area contributed by atoms with E-state index in [1.165, 1.54) is 23.9 Å². The van der Waals surface area contributed by atoms with Crippen LogP contribution in [0.1, 0.15) is 33.0 Å². The van der Waals surface area contributed by atoms with E-state index < -0.39 is 0 Å². The molecule has 0 aliphatic carbocycles. The molecule has 0 aliphatic rings. The number of carbonyl (C=O) groups excluding carboxylic acids is 1. The molecule has 0 radical (unpaired) electrons. The Morgan fingerprint density at radius 2 is 2.07 bits per heavy atom. The molecule has 2 rings (SSSR count). The Labute approximate surface area is 163 Å². The predicted octanol–water partition coefficient (Wildman–Crippen LogP) is 3.58. The van der Waals surface area contributed by atoms with Gasteiger partial charge in [-0.15, -0.1) is 16.8 Å². The average molecular weight is 393 g/mol. The molecule has 0 saturated heterocycles. The van der Waals surface area contributed by atoms with E-state index in [1.54, 1.807) is 18.2 Å². The Morgan fingerprint density at radius 3 is 2.70 bits per heavy atom. The molecule has 27 heavy (non-hydrogen) atoms. The number of benzene rings is 1. The highest BCUT2D eigenvalue weighted by Crippen LogP contribution is 2.19. The van der Waals surface area contributed by atoms with Gasteiger partial charge in [-0.3, -0.25) is 9.36 Å². The van der Waals surface area contributed by atoms with Crippen molar-refractivity contribution in [3.63, 3.8) is 0 Å². The Bertz CT molecular complexity index is 775. The van der Waals surface area contributed by atoms with Crippen LogP contribution in [0, 0.1) is 5.82 Å². The van der Waals surface area contributed by atoms with E-state index >= 15 is 0 Å². The second kappa shape index (κ2) is 9.55. The fourth-order valence-corrected chi connectivity index (χ4v) is 2.92. The van der Waals surface area contributed by atoms with Crippen LogP contribution in [0.15, 0.2) is 42.1 Å². The van der Waals surface area contributed by atoms with Crippen molar-refractivity contribution < 1.29 is 13.9 Å². The van der Waals surface area contributed by atoms with Crippen molar-refractivity contribution in [2.45, 2.75) is 51.0 Å². The molecule has 1 aromatic carbocycles. The fourth-order valence-electron chi connectivity index (χ4n) is 2.16. The third-order valence-corrected chi connectivity index (χ3v) is 4.95. The highest BCUT2D eigenvalue weighted by molar-refractivity contribution is 7.99. The Balaban J connectivity index is 2.00. The molecule has 0 fully saturated rings. The molecule has 1 amide bonds. The summed E-state index contributed by atoms with van der Waals surface area (Å²) >= 11 is 1.32. The van der Waals surface area contributed by atoms with E-state index in [2.05, 4.69) is 22.1 Å². The summed E-state index contributed by atoms with van der Waals surface area (Å²) in [6.45, 7) is 10.4. The van der Waals surface area contributed by atoms with Crippen LogP contribution in [0.5, 0.6) is 5.75 Å². The maximum atomic E-state index is 13.0. The van der Waals surface area contributed by atoms with Gasteiger partial charge in [-0.1, -0.05) is 24.8 Å². The van der Waals surface area contributed by atoms with Crippen molar-refractivity contribution >= 4 is 17.7 Å². The van der Waals surface area contributed by atoms with Gasteiger partial charge in [-0.2, -0.15) is 0 Å². The lowest BCUT2D eigenvalue weighted by molar-refractivity contribution is -0.120. The molecular weight excluding hydrogens is 367 g/mol. The summed E-state index contributed by atoms with van der Waals surface area (Å²) in [4.78, 5) is 12.1. The van der Waals surface area contributed by atoms with Gasteiger partial charge in [0.1, 0.15) is 18.2 Å². The van der Waals surface area contributed by atoms with E-state index in [9.17, 15) is 9.18 Å². The van der Waals surface area contributed by atoms with E-state index in [0.717, 1.165) is 6.42 Å². The normalized spacial score (nSPS) is 11.3. The van der Waals surface area contributed by atoms with Gasteiger partial charge in [0, 0.05) is 12.1 Å². The van der Waals surface area contributed by atoms with Crippen LogP contribution in [0.4, 0.5) is 4.39 Å². The summed E-state index contributed by atoms with van der Waals surface area (Å²) in [7, 11) is 0. The maximum Gasteiger partial charge on any atom is 0.230 e. The van der Waals surface area contributed by atoms with Crippen LogP contribution in [-0.2, 0) is 17.9 Å². The molecule has 0 saturated carbocycles. The topological polar surface area (TPSA) is 69.0 Å². The van der Waals surface area contributed by atoms with Crippen molar-refractivity contribution in [3.05, 3.63) is 48.6 Å². The first-order valence-electron chi connectivity index (χ1n) is 8.69. The van der Waals surface area contributed by atoms with Gasteiger partial charge in [0.05, 0.1) is 5.75 Å². The molecule has 8 heteroatoms. The largest absolute Gasteiger partial charge is 0.486 e. The van der Waals surface area contributed by atoms with E-state index in [1.807, 2.05) is 25.3 Å². The van der Waals surface area contributed by atoms with E-state index in [-0.39, 0.29) is 29.6 Å². The minimum absolute atomic E-state index is 0.0517. The first kappa shape index (κ1) is 21.0. The zero-order valence-corrected chi connectivity index (χ0v) is 16.7. The number of nitrogens with one attached hydrogen (secondary N) is 1. The van der Waals surface area contributed by atoms with Crippen molar-refractivity contribution in [2.24, 2.45) is 0 Å². The summed E-state index contributed by atoms with van der Waals surface area (Å²) in [5.74, 6) is 1.03. The quantitative estimate of drug-likeness (QED) is 0.494. The number of amides is 1. The molecule has 0 atom stereocenters. The van der Waals surface area contributed by atoms with Crippen LogP contribution in [0.3, 0.4) is 0 Å². The molecule has 1 aromatic heterocycles. The molecule has 1 heterocycles. The maximum absolute atomic E-state index is 13.0. The Kier molecular flexibility index (Phi) is 7.41.